The van der Waals surface area contributed by atoms with Gasteiger partial charge in [-0.2, -0.15) is 0 Å². The number of rotatable bonds is 4. The number of aliphatic hydroxyl groups is 1. The van der Waals surface area contributed by atoms with E-state index in [1.54, 1.807) is 13.0 Å². The summed E-state index contributed by atoms with van der Waals surface area (Å²) in [4.78, 5) is 0.0160. The molecule has 0 aromatic heterocycles. The highest BCUT2D eigenvalue weighted by Crippen LogP contribution is 2.20. The molecular formula is C13H20BNO5S. The molecule has 21 heavy (non-hydrogen) atoms. The zero-order valence-corrected chi connectivity index (χ0v) is 12.7. The smallest absolute Gasteiger partial charge is 0.423 e. The van der Waals surface area contributed by atoms with Crippen molar-refractivity contribution in [3.63, 3.8) is 0 Å². The predicted molar refractivity (Wildman–Crippen MR) is 79.6 cm³/mol. The molecule has 4 N–H and O–H groups in total. The average Bonchev–Trinajstić information content (AvgIpc) is 2.41. The molecule has 0 unspecified atom stereocenters. The van der Waals surface area contributed by atoms with Crippen LogP contribution < -0.4 is 10.2 Å². The summed E-state index contributed by atoms with van der Waals surface area (Å²) in [5, 5.41) is 28.0. The van der Waals surface area contributed by atoms with Crippen LogP contribution in [0.5, 0.6) is 0 Å². The molecule has 0 amide bonds. The molecular weight excluding hydrogens is 293 g/mol. The molecule has 2 rings (SSSR count). The van der Waals surface area contributed by atoms with Gasteiger partial charge in [0.05, 0.1) is 11.0 Å². The van der Waals surface area contributed by atoms with E-state index in [4.69, 9.17) is 0 Å². The first-order valence-corrected chi connectivity index (χ1v) is 8.45. The minimum absolute atomic E-state index is 0.0160. The largest absolute Gasteiger partial charge is 0.488 e. The monoisotopic (exact) mass is 313 g/mol. The summed E-state index contributed by atoms with van der Waals surface area (Å²) in [5.41, 5.74) is 0.793. The Kier molecular flexibility index (Phi) is 5.05. The van der Waals surface area contributed by atoms with Crippen LogP contribution in [0.1, 0.15) is 31.2 Å². The summed E-state index contributed by atoms with van der Waals surface area (Å²) >= 11 is 0. The molecule has 0 spiro atoms. The summed E-state index contributed by atoms with van der Waals surface area (Å²) in [5.74, 6) is 0. The number of hydrogen-bond donors (Lipinski definition) is 4. The van der Waals surface area contributed by atoms with Gasteiger partial charge in [0.25, 0.3) is 0 Å². The summed E-state index contributed by atoms with van der Waals surface area (Å²) in [6, 6.07) is 4.08. The van der Waals surface area contributed by atoms with E-state index in [-0.39, 0.29) is 22.5 Å². The minimum atomic E-state index is -3.70. The number of nitrogens with one attached hydrogen (secondary N) is 1. The maximum Gasteiger partial charge on any atom is 0.488 e. The molecule has 1 saturated carbocycles. The lowest BCUT2D eigenvalue weighted by atomic mass is 9.77. The Balaban J connectivity index is 2.18. The molecule has 0 atom stereocenters. The molecule has 6 nitrogen and oxygen atoms in total. The molecule has 0 bridgehead atoms. The van der Waals surface area contributed by atoms with Crippen molar-refractivity contribution in [2.24, 2.45) is 0 Å². The van der Waals surface area contributed by atoms with E-state index in [1.807, 2.05) is 0 Å². The van der Waals surface area contributed by atoms with Gasteiger partial charge in [-0.15, -0.1) is 0 Å². The van der Waals surface area contributed by atoms with Crippen molar-refractivity contribution in [3.8, 4) is 0 Å². The van der Waals surface area contributed by atoms with Crippen molar-refractivity contribution in [3.05, 3.63) is 23.8 Å². The molecule has 8 heteroatoms. The molecule has 116 valence electrons. The Morgan fingerprint density at radius 2 is 1.81 bits per heavy atom. The van der Waals surface area contributed by atoms with Gasteiger partial charge in [-0.1, -0.05) is 11.6 Å². The van der Waals surface area contributed by atoms with Crippen LogP contribution in [0.3, 0.4) is 0 Å². The summed E-state index contributed by atoms with van der Waals surface area (Å²) in [7, 11) is -5.41. The third-order valence-electron chi connectivity index (χ3n) is 3.86. The highest BCUT2D eigenvalue weighted by molar-refractivity contribution is 7.89. The van der Waals surface area contributed by atoms with Crippen molar-refractivity contribution < 1.29 is 23.6 Å². The second-order valence-corrected chi connectivity index (χ2v) is 7.23. The van der Waals surface area contributed by atoms with E-state index in [0.29, 0.717) is 31.2 Å². The van der Waals surface area contributed by atoms with Gasteiger partial charge in [0.2, 0.25) is 10.0 Å². The van der Waals surface area contributed by atoms with E-state index < -0.39 is 17.1 Å². The second-order valence-electron chi connectivity index (χ2n) is 5.52. The van der Waals surface area contributed by atoms with Gasteiger partial charge in [0, 0.05) is 6.04 Å². The van der Waals surface area contributed by atoms with Gasteiger partial charge in [-0.05, 0) is 50.2 Å². The topological polar surface area (TPSA) is 107 Å². The average molecular weight is 313 g/mol. The maximum atomic E-state index is 12.3. The van der Waals surface area contributed by atoms with Gasteiger partial charge in [-0.25, -0.2) is 13.1 Å². The van der Waals surface area contributed by atoms with Crippen LogP contribution in [0, 0.1) is 6.92 Å². The van der Waals surface area contributed by atoms with Crippen molar-refractivity contribution in [2.45, 2.75) is 49.6 Å². The number of aliphatic hydroxyl groups excluding tert-OH is 1. The van der Waals surface area contributed by atoms with Crippen molar-refractivity contribution >= 4 is 22.6 Å². The van der Waals surface area contributed by atoms with Crippen molar-refractivity contribution in [1.29, 1.82) is 0 Å². The highest BCUT2D eigenvalue weighted by atomic mass is 32.2. The van der Waals surface area contributed by atoms with Gasteiger partial charge in [-0.3, -0.25) is 0 Å². The Morgan fingerprint density at radius 1 is 1.19 bits per heavy atom. The van der Waals surface area contributed by atoms with Gasteiger partial charge >= 0.3 is 7.12 Å². The summed E-state index contributed by atoms with van der Waals surface area (Å²) in [6.45, 7) is 1.68. The van der Waals surface area contributed by atoms with E-state index >= 15 is 0 Å². The lowest BCUT2D eigenvalue weighted by Crippen LogP contribution is -2.39. The molecule has 1 aliphatic rings. The van der Waals surface area contributed by atoms with Crippen LogP contribution in [0.25, 0.3) is 0 Å². The van der Waals surface area contributed by atoms with Crippen LogP contribution in [0.4, 0.5) is 0 Å². The van der Waals surface area contributed by atoms with Crippen LogP contribution in [-0.2, 0) is 10.0 Å². The lowest BCUT2D eigenvalue weighted by molar-refractivity contribution is 0.120. The summed E-state index contributed by atoms with van der Waals surface area (Å²) in [6.07, 6.45) is 2.02. The van der Waals surface area contributed by atoms with Crippen LogP contribution >= 0.6 is 0 Å². The fraction of sp³-hybridized carbons (Fsp3) is 0.538. The highest BCUT2D eigenvalue weighted by Gasteiger charge is 2.26. The third kappa shape index (κ3) is 4.05. The molecule has 0 heterocycles. The molecule has 0 aliphatic heterocycles. The van der Waals surface area contributed by atoms with Gasteiger partial charge in [0.1, 0.15) is 0 Å². The Labute approximate surface area is 125 Å². The van der Waals surface area contributed by atoms with Crippen LogP contribution in [0.2, 0.25) is 0 Å². The molecule has 0 radical (unpaired) electrons. The molecule has 1 aromatic rings. The lowest BCUT2D eigenvalue weighted by Gasteiger charge is -2.26. The fourth-order valence-electron chi connectivity index (χ4n) is 2.55. The Bertz CT molecular complexity index is 597. The number of benzene rings is 1. The molecule has 0 saturated heterocycles. The SMILES string of the molecule is Cc1ccc(S(=O)(=O)N[C@H]2CC[C@H](O)CC2)cc1B(O)O. The molecule has 1 aromatic carbocycles. The molecule has 1 fully saturated rings. The first-order valence-electron chi connectivity index (χ1n) is 6.96. The van der Waals surface area contributed by atoms with Gasteiger partial charge < -0.3 is 15.2 Å². The zero-order chi connectivity index (χ0) is 15.6. The second kappa shape index (κ2) is 6.45. The van der Waals surface area contributed by atoms with E-state index in [1.165, 1.54) is 12.1 Å². The third-order valence-corrected chi connectivity index (χ3v) is 5.38. The quantitative estimate of drug-likeness (QED) is 0.548. The van der Waals surface area contributed by atoms with Crippen molar-refractivity contribution in [2.75, 3.05) is 0 Å². The zero-order valence-electron chi connectivity index (χ0n) is 11.9. The normalized spacial score (nSPS) is 23.0. The van der Waals surface area contributed by atoms with E-state index in [2.05, 4.69) is 4.72 Å². The number of sulfonamides is 1. The van der Waals surface area contributed by atoms with E-state index in [9.17, 15) is 23.6 Å². The van der Waals surface area contributed by atoms with Crippen LogP contribution in [0.15, 0.2) is 23.1 Å². The minimum Gasteiger partial charge on any atom is -0.423 e. The van der Waals surface area contributed by atoms with Crippen molar-refractivity contribution in [1.82, 2.24) is 4.72 Å². The Morgan fingerprint density at radius 3 is 2.38 bits per heavy atom. The summed E-state index contributed by atoms with van der Waals surface area (Å²) < 4.78 is 27.3. The standard InChI is InChI=1S/C13H20BNO5S/c1-9-2-7-12(8-13(9)14(17)18)21(19,20)15-10-3-5-11(16)6-4-10/h2,7-8,10-11,15-18H,3-6H2,1H3/t10-,11-. The number of hydrogen-bond acceptors (Lipinski definition) is 5. The van der Waals surface area contributed by atoms with E-state index in [0.717, 1.165) is 0 Å². The molecule has 1 aliphatic carbocycles. The first-order chi connectivity index (χ1) is 9.79. The predicted octanol–water partition coefficient (Wildman–Crippen LogP) is -0.743. The first kappa shape index (κ1) is 16.4. The fourth-order valence-corrected chi connectivity index (χ4v) is 3.88. The van der Waals surface area contributed by atoms with Crippen LogP contribution in [-0.4, -0.2) is 42.8 Å². The van der Waals surface area contributed by atoms with Gasteiger partial charge in [0.15, 0.2) is 0 Å². The number of aryl methyl sites for hydroxylation is 1. The maximum absolute atomic E-state index is 12.3. The Hall–Kier alpha value is -0.925.